The Labute approximate surface area is 107 Å². The third-order valence-electron chi connectivity index (χ3n) is 2.05. The molecule has 2 aromatic heterocycles. The highest BCUT2D eigenvalue weighted by molar-refractivity contribution is 7.98. The highest BCUT2D eigenvalue weighted by atomic mass is 32.2. The van der Waals surface area contributed by atoms with Crippen molar-refractivity contribution in [3.8, 4) is 10.8 Å². The fraction of sp³-hybridized carbons (Fsp3) is 0.364. The van der Waals surface area contributed by atoms with Gasteiger partial charge in [-0.1, -0.05) is 0 Å². The standard InChI is InChI=1S/C11H13NO3S2/c13-4-9(14)7-16-5-8-6-17-11(12-8)10-2-1-3-15-10/h1-3,6,9,13-14H,4-5,7H2. The van der Waals surface area contributed by atoms with E-state index in [9.17, 15) is 5.11 Å². The van der Waals surface area contributed by atoms with E-state index in [0.29, 0.717) is 5.75 Å². The van der Waals surface area contributed by atoms with Crippen LogP contribution in [-0.2, 0) is 5.75 Å². The van der Waals surface area contributed by atoms with Gasteiger partial charge in [-0.25, -0.2) is 4.98 Å². The number of aliphatic hydroxyl groups excluding tert-OH is 2. The normalized spacial score (nSPS) is 12.8. The van der Waals surface area contributed by atoms with Gasteiger partial charge in [0.1, 0.15) is 0 Å². The van der Waals surface area contributed by atoms with Gasteiger partial charge in [-0.2, -0.15) is 11.8 Å². The van der Waals surface area contributed by atoms with Crippen LogP contribution in [0.5, 0.6) is 0 Å². The number of hydrogen-bond acceptors (Lipinski definition) is 6. The largest absolute Gasteiger partial charge is 0.462 e. The minimum atomic E-state index is -0.650. The molecule has 2 heterocycles. The lowest BCUT2D eigenvalue weighted by atomic mass is 10.4. The molecule has 0 aliphatic rings. The lowest BCUT2D eigenvalue weighted by Gasteiger charge is -2.04. The first kappa shape index (κ1) is 12.6. The topological polar surface area (TPSA) is 66.5 Å². The summed E-state index contributed by atoms with van der Waals surface area (Å²) in [4.78, 5) is 4.44. The summed E-state index contributed by atoms with van der Waals surface area (Å²) in [7, 11) is 0. The zero-order valence-corrected chi connectivity index (χ0v) is 10.7. The lowest BCUT2D eigenvalue weighted by Crippen LogP contribution is -2.14. The van der Waals surface area contributed by atoms with Gasteiger partial charge in [-0.05, 0) is 12.1 Å². The minimum Gasteiger partial charge on any atom is -0.462 e. The van der Waals surface area contributed by atoms with Gasteiger partial charge in [0.2, 0.25) is 0 Å². The summed E-state index contributed by atoms with van der Waals surface area (Å²) < 4.78 is 5.26. The molecule has 0 amide bonds. The molecule has 0 saturated carbocycles. The van der Waals surface area contributed by atoms with Crippen LogP contribution in [0.3, 0.4) is 0 Å². The first-order chi connectivity index (χ1) is 8.29. The summed E-state index contributed by atoms with van der Waals surface area (Å²) in [6.07, 6.45) is 0.978. The van der Waals surface area contributed by atoms with Gasteiger partial charge in [0.05, 0.1) is 24.7 Å². The molecule has 4 nitrogen and oxygen atoms in total. The Bertz CT molecular complexity index is 441. The number of furan rings is 1. The van der Waals surface area contributed by atoms with Crippen molar-refractivity contribution in [2.24, 2.45) is 0 Å². The van der Waals surface area contributed by atoms with Crippen LogP contribution < -0.4 is 0 Å². The second kappa shape index (κ2) is 6.20. The molecule has 1 unspecified atom stereocenters. The fourth-order valence-corrected chi connectivity index (χ4v) is 2.98. The van der Waals surface area contributed by atoms with E-state index in [1.165, 1.54) is 0 Å². The predicted molar refractivity (Wildman–Crippen MR) is 69.1 cm³/mol. The van der Waals surface area contributed by atoms with Crippen molar-refractivity contribution in [2.45, 2.75) is 11.9 Å². The average Bonchev–Trinajstić information content (AvgIpc) is 2.98. The number of thioether (sulfide) groups is 1. The molecule has 0 aliphatic heterocycles. The van der Waals surface area contributed by atoms with E-state index in [1.807, 2.05) is 17.5 Å². The predicted octanol–water partition coefficient (Wildman–Crippen LogP) is 1.99. The number of rotatable bonds is 6. The SMILES string of the molecule is OCC(O)CSCc1csc(-c2ccco2)n1. The molecule has 0 bridgehead atoms. The molecule has 6 heteroatoms. The van der Waals surface area contributed by atoms with Crippen molar-refractivity contribution < 1.29 is 14.6 Å². The number of aliphatic hydroxyl groups is 2. The van der Waals surface area contributed by atoms with Gasteiger partial charge in [-0.15, -0.1) is 11.3 Å². The summed E-state index contributed by atoms with van der Waals surface area (Å²) in [5.41, 5.74) is 0.969. The molecule has 0 aliphatic carbocycles. The zero-order valence-electron chi connectivity index (χ0n) is 9.07. The first-order valence-corrected chi connectivity index (χ1v) is 7.18. The van der Waals surface area contributed by atoms with Gasteiger partial charge in [-0.3, -0.25) is 0 Å². The maximum absolute atomic E-state index is 9.19. The molecule has 0 spiro atoms. The molecule has 17 heavy (non-hydrogen) atoms. The van der Waals surface area contributed by atoms with E-state index >= 15 is 0 Å². The number of nitrogens with zero attached hydrogens (tertiary/aromatic N) is 1. The molecule has 2 N–H and O–H groups in total. The Morgan fingerprint density at radius 1 is 1.53 bits per heavy atom. The molecule has 2 rings (SSSR count). The zero-order chi connectivity index (χ0) is 12.1. The summed E-state index contributed by atoms with van der Waals surface area (Å²) in [5.74, 6) is 2.03. The van der Waals surface area contributed by atoms with Crippen LogP contribution in [0.4, 0.5) is 0 Å². The smallest absolute Gasteiger partial charge is 0.162 e. The first-order valence-electron chi connectivity index (χ1n) is 5.14. The Hall–Kier alpha value is -0.820. The highest BCUT2D eigenvalue weighted by Crippen LogP contribution is 2.25. The maximum Gasteiger partial charge on any atom is 0.162 e. The van der Waals surface area contributed by atoms with Gasteiger partial charge in [0, 0.05) is 16.9 Å². The van der Waals surface area contributed by atoms with E-state index in [4.69, 9.17) is 9.52 Å². The Morgan fingerprint density at radius 2 is 2.41 bits per heavy atom. The lowest BCUT2D eigenvalue weighted by molar-refractivity contribution is 0.113. The van der Waals surface area contributed by atoms with Crippen LogP contribution in [0.2, 0.25) is 0 Å². The van der Waals surface area contributed by atoms with Crippen LogP contribution >= 0.6 is 23.1 Å². The Morgan fingerprint density at radius 3 is 3.12 bits per heavy atom. The number of thiazole rings is 1. The average molecular weight is 271 g/mol. The van der Waals surface area contributed by atoms with E-state index in [0.717, 1.165) is 22.2 Å². The summed E-state index contributed by atoms with van der Waals surface area (Å²) in [6.45, 7) is -0.193. The van der Waals surface area contributed by atoms with Crippen molar-refractivity contribution >= 4 is 23.1 Å². The molecule has 0 radical (unpaired) electrons. The van der Waals surface area contributed by atoms with Crippen molar-refractivity contribution in [1.82, 2.24) is 4.98 Å². The van der Waals surface area contributed by atoms with Crippen molar-refractivity contribution in [3.63, 3.8) is 0 Å². The third-order valence-corrected chi connectivity index (χ3v) is 4.08. The third kappa shape index (κ3) is 3.57. The molecule has 0 saturated heterocycles. The second-order valence-corrected chi connectivity index (χ2v) is 5.36. The van der Waals surface area contributed by atoms with Gasteiger partial charge >= 0.3 is 0 Å². The van der Waals surface area contributed by atoms with Crippen molar-refractivity contribution in [2.75, 3.05) is 12.4 Å². The van der Waals surface area contributed by atoms with Crippen LogP contribution in [0.15, 0.2) is 28.2 Å². The monoisotopic (exact) mass is 271 g/mol. The van der Waals surface area contributed by atoms with E-state index < -0.39 is 6.10 Å². The maximum atomic E-state index is 9.19. The van der Waals surface area contributed by atoms with E-state index in [-0.39, 0.29) is 6.61 Å². The molecule has 0 aromatic carbocycles. The summed E-state index contributed by atoms with van der Waals surface area (Å²) in [6, 6.07) is 3.72. The van der Waals surface area contributed by atoms with Crippen LogP contribution in [-0.4, -0.2) is 33.7 Å². The van der Waals surface area contributed by atoms with Crippen molar-refractivity contribution in [3.05, 3.63) is 29.5 Å². The molecular formula is C11H13NO3S2. The summed E-state index contributed by atoms with van der Waals surface area (Å²) in [5, 5.41) is 20.7. The Balaban J connectivity index is 1.87. The van der Waals surface area contributed by atoms with Gasteiger partial charge in [0.25, 0.3) is 0 Å². The molecular weight excluding hydrogens is 258 g/mol. The second-order valence-electron chi connectivity index (χ2n) is 3.47. The van der Waals surface area contributed by atoms with Crippen molar-refractivity contribution in [1.29, 1.82) is 0 Å². The molecule has 0 fully saturated rings. The molecule has 1 atom stereocenters. The minimum absolute atomic E-state index is 0.193. The highest BCUT2D eigenvalue weighted by Gasteiger charge is 2.08. The quantitative estimate of drug-likeness (QED) is 0.841. The molecule has 92 valence electrons. The summed E-state index contributed by atoms with van der Waals surface area (Å²) >= 11 is 3.09. The number of hydrogen-bond donors (Lipinski definition) is 2. The fourth-order valence-electron chi connectivity index (χ4n) is 1.24. The van der Waals surface area contributed by atoms with Gasteiger partial charge < -0.3 is 14.6 Å². The van der Waals surface area contributed by atoms with Gasteiger partial charge in [0.15, 0.2) is 10.8 Å². The van der Waals surface area contributed by atoms with E-state index in [2.05, 4.69) is 4.98 Å². The van der Waals surface area contributed by atoms with Crippen LogP contribution in [0.25, 0.3) is 10.8 Å². The number of aromatic nitrogens is 1. The van der Waals surface area contributed by atoms with Crippen LogP contribution in [0, 0.1) is 0 Å². The molecule has 2 aromatic rings. The Kier molecular flexibility index (Phi) is 4.61. The van der Waals surface area contributed by atoms with Crippen LogP contribution in [0.1, 0.15) is 5.69 Å². The van der Waals surface area contributed by atoms with E-state index in [1.54, 1.807) is 29.4 Å².